The Bertz CT molecular complexity index is 2290. The van der Waals surface area contributed by atoms with E-state index in [1.807, 2.05) is 6.92 Å². The molecule has 5 aromatic rings. The van der Waals surface area contributed by atoms with E-state index < -0.39 is 56.7 Å². The molecule has 13 nitrogen and oxygen atoms in total. The van der Waals surface area contributed by atoms with E-state index in [1.54, 1.807) is 26.0 Å². The van der Waals surface area contributed by atoms with Crippen LogP contribution >= 0.6 is 0 Å². The second kappa shape index (κ2) is 14.8. The van der Waals surface area contributed by atoms with Gasteiger partial charge in [-0.25, -0.2) is 27.0 Å². The Morgan fingerprint density at radius 3 is 2.38 bits per heavy atom. The lowest BCUT2D eigenvalue weighted by atomic mass is 10.1. The lowest BCUT2D eigenvalue weighted by Crippen LogP contribution is -2.44. The number of rotatable bonds is 12. The zero-order valence-electron chi connectivity index (χ0n) is 27.7. The first-order chi connectivity index (χ1) is 23.8. The summed E-state index contributed by atoms with van der Waals surface area (Å²) in [6.07, 6.45) is 5.16. The molecule has 15 heteroatoms. The number of anilines is 1. The monoisotopic (exact) mass is 702 g/mol. The van der Waals surface area contributed by atoms with Crippen LogP contribution in [0.5, 0.6) is 0 Å². The van der Waals surface area contributed by atoms with Gasteiger partial charge in [0.2, 0.25) is 0 Å². The fourth-order valence-corrected chi connectivity index (χ4v) is 6.30. The maximum Gasteiger partial charge on any atom is 0.335 e. The van der Waals surface area contributed by atoms with E-state index in [4.69, 9.17) is 4.74 Å². The highest BCUT2D eigenvalue weighted by molar-refractivity contribution is 7.92. The summed E-state index contributed by atoms with van der Waals surface area (Å²) in [4.78, 5) is 60.7. The number of halogens is 1. The van der Waals surface area contributed by atoms with Crippen LogP contribution in [0.15, 0.2) is 93.7 Å². The highest BCUT2D eigenvalue weighted by Crippen LogP contribution is 2.20. The van der Waals surface area contributed by atoms with Crippen molar-refractivity contribution in [2.75, 3.05) is 4.72 Å². The number of aromatic nitrogens is 4. The zero-order valence-corrected chi connectivity index (χ0v) is 28.5. The van der Waals surface area contributed by atoms with Gasteiger partial charge >= 0.3 is 11.7 Å². The van der Waals surface area contributed by atoms with Crippen LogP contribution in [0.2, 0.25) is 0 Å². The Morgan fingerprint density at radius 2 is 1.74 bits per heavy atom. The number of hydrogen-bond donors (Lipinski definition) is 2. The van der Waals surface area contributed by atoms with Crippen molar-refractivity contribution in [3.05, 3.63) is 123 Å². The van der Waals surface area contributed by atoms with Crippen LogP contribution in [0, 0.1) is 5.82 Å². The predicted molar refractivity (Wildman–Crippen MR) is 184 cm³/mol. The molecular weight excluding hydrogens is 667 g/mol. The number of pyridine rings is 2. The molecule has 3 aromatic heterocycles. The molecule has 0 aliphatic heterocycles. The molecule has 0 spiro atoms. The molecule has 0 fully saturated rings. The van der Waals surface area contributed by atoms with Gasteiger partial charge in [0, 0.05) is 25.4 Å². The Labute approximate surface area is 286 Å². The van der Waals surface area contributed by atoms with Crippen LogP contribution < -0.4 is 21.3 Å². The summed E-state index contributed by atoms with van der Waals surface area (Å²) in [5.74, 6) is -2.79. The number of aryl methyl sites for hydroxylation is 2. The van der Waals surface area contributed by atoms with Crippen LogP contribution in [0.1, 0.15) is 48.8 Å². The number of amides is 1. The molecule has 1 amide bonds. The van der Waals surface area contributed by atoms with Gasteiger partial charge in [-0.05, 0) is 74.4 Å². The molecule has 3 heterocycles. The first-order valence-corrected chi connectivity index (χ1v) is 17.2. The van der Waals surface area contributed by atoms with E-state index in [1.165, 1.54) is 66.6 Å². The summed E-state index contributed by atoms with van der Waals surface area (Å²) in [6.45, 7) is 5.27. The van der Waals surface area contributed by atoms with E-state index in [9.17, 15) is 27.6 Å². The minimum atomic E-state index is -4.03. The molecule has 2 aromatic carbocycles. The Morgan fingerprint density at radius 1 is 1.00 bits per heavy atom. The average Bonchev–Trinajstić information content (AvgIpc) is 3.07. The fourth-order valence-electron chi connectivity index (χ4n) is 5.25. The number of nitrogens with zero attached hydrogens (tertiary/aromatic N) is 4. The highest BCUT2D eigenvalue weighted by Gasteiger charge is 2.27. The molecule has 5 rings (SSSR count). The van der Waals surface area contributed by atoms with Crippen molar-refractivity contribution in [1.29, 1.82) is 0 Å². The van der Waals surface area contributed by atoms with Crippen LogP contribution in [0.3, 0.4) is 0 Å². The number of ether oxygens (including phenoxy) is 1. The largest absolute Gasteiger partial charge is 0.461 e. The normalized spacial score (nSPS) is 12.1. The average molecular weight is 703 g/mol. The van der Waals surface area contributed by atoms with Crippen molar-refractivity contribution in [2.24, 2.45) is 7.05 Å². The van der Waals surface area contributed by atoms with Gasteiger partial charge < -0.3 is 10.1 Å². The van der Waals surface area contributed by atoms with Gasteiger partial charge in [-0.15, -0.1) is 0 Å². The topological polar surface area (TPSA) is 171 Å². The lowest BCUT2D eigenvalue weighted by Gasteiger charge is -2.19. The predicted octanol–water partition coefficient (Wildman–Crippen LogP) is 3.66. The number of sulfonamides is 1. The smallest absolute Gasteiger partial charge is 0.335 e. The third kappa shape index (κ3) is 7.78. The second-order valence-corrected chi connectivity index (χ2v) is 13.5. The molecule has 0 unspecified atom stereocenters. The van der Waals surface area contributed by atoms with E-state index in [0.717, 1.165) is 35.1 Å². The molecule has 0 aliphatic carbocycles. The van der Waals surface area contributed by atoms with Crippen LogP contribution in [0.4, 0.5) is 10.1 Å². The van der Waals surface area contributed by atoms with Crippen molar-refractivity contribution < 1.29 is 27.1 Å². The SMILES string of the molecule is CCCc1ccc(S(=O)(=O)Nc2ccc(C(=O)N[C@@H](Cc3ccc(-n4c(=O)c5ccncc5n(C)c4=O)cn3)C(=O)OC(C)C)c(F)c2)cc1. The third-order valence-corrected chi connectivity index (χ3v) is 9.13. The highest BCUT2D eigenvalue weighted by atomic mass is 32.2. The molecule has 0 bridgehead atoms. The minimum Gasteiger partial charge on any atom is -0.461 e. The molecule has 2 N–H and O–H groups in total. The summed E-state index contributed by atoms with van der Waals surface area (Å²) >= 11 is 0. The number of carbonyl (C=O) groups excluding carboxylic acids is 2. The molecule has 260 valence electrons. The molecule has 0 saturated heterocycles. The Kier molecular flexibility index (Phi) is 10.6. The number of hydrogen-bond acceptors (Lipinski definition) is 9. The molecule has 0 saturated carbocycles. The summed E-state index contributed by atoms with van der Waals surface area (Å²) in [5, 5.41) is 2.76. The second-order valence-electron chi connectivity index (χ2n) is 11.8. The summed E-state index contributed by atoms with van der Waals surface area (Å²) in [7, 11) is -2.52. The maximum absolute atomic E-state index is 15.2. The van der Waals surface area contributed by atoms with Gasteiger partial charge in [0.25, 0.3) is 21.5 Å². The van der Waals surface area contributed by atoms with Crippen LogP contribution in [0.25, 0.3) is 16.6 Å². The van der Waals surface area contributed by atoms with Gasteiger partial charge in [-0.3, -0.25) is 28.8 Å². The maximum atomic E-state index is 15.2. The van der Waals surface area contributed by atoms with Gasteiger partial charge in [0.05, 0.1) is 51.2 Å². The summed E-state index contributed by atoms with van der Waals surface area (Å²) in [5.41, 5.74) is 0.103. The molecular formula is C35H35FN6O7S. The summed E-state index contributed by atoms with van der Waals surface area (Å²) < 4.78 is 50.9. The van der Waals surface area contributed by atoms with Gasteiger partial charge in [-0.2, -0.15) is 0 Å². The van der Waals surface area contributed by atoms with Crippen molar-refractivity contribution in [1.82, 2.24) is 24.4 Å². The summed E-state index contributed by atoms with van der Waals surface area (Å²) in [6, 6.07) is 12.7. The zero-order chi connectivity index (χ0) is 36.2. The lowest BCUT2D eigenvalue weighted by molar-refractivity contribution is -0.149. The quantitative estimate of drug-likeness (QED) is 0.184. The number of carbonyl (C=O) groups is 2. The minimum absolute atomic E-state index is 0.00271. The number of benzene rings is 2. The van der Waals surface area contributed by atoms with Crippen molar-refractivity contribution in [3.8, 4) is 5.69 Å². The fraction of sp³-hybridized carbons (Fsp3) is 0.257. The van der Waals surface area contributed by atoms with Crippen LogP contribution in [-0.4, -0.2) is 51.5 Å². The van der Waals surface area contributed by atoms with E-state index in [-0.39, 0.29) is 28.1 Å². The number of fused-ring (bicyclic) bond motifs is 1. The first-order valence-electron chi connectivity index (χ1n) is 15.7. The van der Waals surface area contributed by atoms with Crippen LogP contribution in [-0.2, 0) is 39.4 Å². The molecule has 0 aliphatic rings. The van der Waals surface area contributed by atoms with E-state index >= 15 is 4.39 Å². The van der Waals surface area contributed by atoms with Gasteiger partial charge in [0.15, 0.2) is 0 Å². The molecule has 0 radical (unpaired) electrons. The number of nitrogens with one attached hydrogen (secondary N) is 2. The van der Waals surface area contributed by atoms with Gasteiger partial charge in [-0.1, -0.05) is 25.5 Å². The van der Waals surface area contributed by atoms with E-state index in [0.29, 0.717) is 11.2 Å². The first kappa shape index (κ1) is 35.6. The van der Waals surface area contributed by atoms with Crippen molar-refractivity contribution in [2.45, 2.75) is 57.1 Å². The Hall–Kier alpha value is -5.70. The Balaban J connectivity index is 1.34. The van der Waals surface area contributed by atoms with E-state index in [2.05, 4.69) is 20.0 Å². The third-order valence-electron chi connectivity index (χ3n) is 7.73. The van der Waals surface area contributed by atoms with Crippen molar-refractivity contribution in [3.63, 3.8) is 0 Å². The number of esters is 1. The standard InChI is InChI=1S/C35H35FN6O7S/c1-5-6-22-7-12-26(13-8-22)50(47,48)40-24-10-14-27(29(36)17-24)32(43)39-30(34(45)49-21(2)3)18-23-9-11-25(19-38-23)42-33(44)28-15-16-37-20-31(28)41(4)35(42)46/h7-17,19-21,30,40H,5-6,18H2,1-4H3,(H,39,43)/t30-/m0/s1. The molecule has 50 heavy (non-hydrogen) atoms. The van der Waals surface area contributed by atoms with Gasteiger partial charge in [0.1, 0.15) is 11.9 Å². The van der Waals surface area contributed by atoms with Crippen molar-refractivity contribution >= 4 is 38.5 Å². The molecule has 1 atom stereocenters.